The molecule has 0 aliphatic carbocycles. The van der Waals surface area contributed by atoms with E-state index in [0.717, 1.165) is 0 Å². The van der Waals surface area contributed by atoms with Gasteiger partial charge in [-0.05, 0) is 0 Å². The average molecular weight is 640 g/mol. The molecule has 1 amide bonds. The van der Waals surface area contributed by atoms with Crippen molar-refractivity contribution in [2.24, 2.45) is 10.2 Å². The van der Waals surface area contributed by atoms with E-state index in [9.17, 15) is 55.9 Å². The Bertz CT molecular complexity index is 1040. The zero-order valence-electron chi connectivity index (χ0n) is 23.0. The number of nitrogens with one attached hydrogen (secondary N) is 1. The number of alkyl carbamates (subject to hydrolysis) is 1. The summed E-state index contributed by atoms with van der Waals surface area (Å²) in [6, 6.07) is 0. The molecule has 7 unspecified atom stereocenters. The number of ether oxygens (including phenoxy) is 6. The molecule has 4 heterocycles. The van der Waals surface area contributed by atoms with E-state index in [0.29, 0.717) is 0 Å². The lowest BCUT2D eigenvalue weighted by molar-refractivity contribution is -0.377. The van der Waals surface area contributed by atoms with Gasteiger partial charge in [0, 0.05) is 0 Å². The number of aliphatic hydroxyl groups excluding tert-OH is 10. The van der Waals surface area contributed by atoms with Crippen LogP contribution in [0.5, 0.6) is 0 Å². The summed E-state index contributed by atoms with van der Waals surface area (Å²) in [4.78, 5) is 12.4. The topological polar surface area (TPSA) is 312 Å². The Morgan fingerprint density at radius 2 is 1.25 bits per heavy atom. The summed E-state index contributed by atoms with van der Waals surface area (Å²) in [5.41, 5.74) is -0.995. The Labute approximate surface area is 249 Å². The summed E-state index contributed by atoms with van der Waals surface area (Å²) >= 11 is 0. The van der Waals surface area contributed by atoms with Crippen LogP contribution < -0.4 is 5.32 Å². The molecular formula is C24H37N3O17. The van der Waals surface area contributed by atoms with Gasteiger partial charge in [0.15, 0.2) is 25.0 Å². The molecule has 44 heavy (non-hydrogen) atoms. The van der Waals surface area contributed by atoms with Crippen molar-refractivity contribution in [3.8, 4) is 12.3 Å². The zero-order valence-corrected chi connectivity index (χ0v) is 23.0. The minimum absolute atomic E-state index is 0.109. The van der Waals surface area contributed by atoms with Crippen molar-refractivity contribution >= 4 is 6.09 Å². The smallest absolute Gasteiger partial charge is 0.407 e. The molecule has 4 aliphatic rings. The van der Waals surface area contributed by atoms with Crippen molar-refractivity contribution in [1.82, 2.24) is 5.32 Å². The number of aliphatic hydroxyl groups is 10. The van der Waals surface area contributed by atoms with Gasteiger partial charge in [0.1, 0.15) is 67.1 Å². The summed E-state index contributed by atoms with van der Waals surface area (Å²) in [6.45, 7) is -2.62. The number of carbonyl (C=O) groups excluding carboxylic acids is 1. The highest BCUT2D eigenvalue weighted by Gasteiger charge is 2.54. The van der Waals surface area contributed by atoms with Crippen molar-refractivity contribution in [1.29, 1.82) is 0 Å². The van der Waals surface area contributed by atoms with Crippen LogP contribution in [0, 0.1) is 12.3 Å². The Kier molecular flexibility index (Phi) is 11.4. The normalized spacial score (nSPS) is 44.9. The number of rotatable bonds is 11. The highest BCUT2D eigenvalue weighted by molar-refractivity contribution is 5.67. The number of hydrogen-bond acceptors (Lipinski definition) is 19. The molecule has 0 saturated carbocycles. The van der Waals surface area contributed by atoms with Crippen LogP contribution in [-0.2, 0) is 28.4 Å². The van der Waals surface area contributed by atoms with Gasteiger partial charge in [0.25, 0.3) is 0 Å². The van der Waals surface area contributed by atoms with Gasteiger partial charge in [0.05, 0.1) is 32.8 Å². The minimum atomic E-state index is -1.99. The number of terminal acetylenes is 1. The third kappa shape index (κ3) is 7.28. The molecule has 250 valence electrons. The van der Waals surface area contributed by atoms with Gasteiger partial charge in [-0.15, -0.1) is 12.3 Å². The van der Waals surface area contributed by atoms with E-state index in [-0.39, 0.29) is 13.0 Å². The highest BCUT2D eigenvalue weighted by atomic mass is 16.8. The first-order valence-electron chi connectivity index (χ1n) is 13.6. The van der Waals surface area contributed by atoms with Gasteiger partial charge in [0.2, 0.25) is 5.66 Å². The van der Waals surface area contributed by atoms with E-state index in [1.165, 1.54) is 0 Å². The molecule has 4 rings (SSSR count). The van der Waals surface area contributed by atoms with Crippen LogP contribution in [0.2, 0.25) is 0 Å². The van der Waals surface area contributed by atoms with Crippen molar-refractivity contribution < 1.29 is 84.3 Å². The first-order valence-corrected chi connectivity index (χ1v) is 13.6. The first-order chi connectivity index (χ1) is 20.9. The Hall–Kier alpha value is -2.17. The number of carbonyl (C=O) groups is 1. The standard InChI is InChI=1S/C24H37N3O17/c1-2-3-24(26-27-24)7-25-23(38)44-19-16(36)18(9(5-29)39-20(19)37)43-22-15(35)13(33)17(10(6-30)41-22)42-21-14(34)12(32)11(31)8(4-28)40-21/h1,8-22,28-37H,3-7H2,(H,25,38)/t8?,9?,10?,11-,12+,13-,14?,15?,16+,17-,18-,19?,20?,21-,22-/m1/s1. The second kappa shape index (κ2) is 14.5. The molecule has 0 aromatic heterocycles. The molecule has 20 nitrogen and oxygen atoms in total. The van der Waals surface area contributed by atoms with E-state index in [2.05, 4.69) is 21.5 Å². The SMILES string of the molecule is C#CCC1(CNC(=O)OC2C(O)OC(CO)[C@@H](O[C@H]3OC(CO)[C@@H](O[C@H]4OC(CO)[C@@H](O)[C@H](O)C4O)[C@H](O)C3O)[C@@H]2O)N=N1. The molecule has 0 radical (unpaired) electrons. The monoisotopic (exact) mass is 639 g/mol. The van der Waals surface area contributed by atoms with Crippen molar-refractivity contribution in [3.05, 3.63) is 0 Å². The van der Waals surface area contributed by atoms with Crippen molar-refractivity contribution in [3.63, 3.8) is 0 Å². The molecule has 0 bridgehead atoms. The number of nitrogens with zero attached hydrogens (tertiary/aromatic N) is 2. The van der Waals surface area contributed by atoms with Crippen LogP contribution in [0.15, 0.2) is 10.2 Å². The van der Waals surface area contributed by atoms with Crippen LogP contribution in [0.3, 0.4) is 0 Å². The van der Waals surface area contributed by atoms with Crippen molar-refractivity contribution in [2.75, 3.05) is 26.4 Å². The summed E-state index contributed by atoms with van der Waals surface area (Å²) in [5.74, 6) is 2.35. The van der Waals surface area contributed by atoms with Gasteiger partial charge >= 0.3 is 6.09 Å². The van der Waals surface area contributed by atoms with E-state index >= 15 is 0 Å². The minimum Gasteiger partial charge on any atom is -0.438 e. The van der Waals surface area contributed by atoms with Crippen LogP contribution >= 0.6 is 0 Å². The van der Waals surface area contributed by atoms with Gasteiger partial charge in [-0.2, -0.15) is 10.2 Å². The Morgan fingerprint density at radius 3 is 1.80 bits per heavy atom. The lowest BCUT2D eigenvalue weighted by Gasteiger charge is -2.48. The highest BCUT2D eigenvalue weighted by Crippen LogP contribution is 2.33. The Morgan fingerprint density at radius 1 is 0.727 bits per heavy atom. The molecule has 0 spiro atoms. The maximum atomic E-state index is 12.4. The van der Waals surface area contributed by atoms with Gasteiger partial charge in [-0.3, -0.25) is 0 Å². The van der Waals surface area contributed by atoms with Crippen LogP contribution in [0.25, 0.3) is 0 Å². The van der Waals surface area contributed by atoms with Gasteiger partial charge in [-0.1, -0.05) is 0 Å². The lowest BCUT2D eigenvalue weighted by atomic mass is 9.96. The molecule has 0 aromatic carbocycles. The predicted molar refractivity (Wildman–Crippen MR) is 135 cm³/mol. The Balaban J connectivity index is 1.41. The van der Waals surface area contributed by atoms with Crippen LogP contribution in [-0.4, -0.2) is 181 Å². The fraction of sp³-hybridized carbons (Fsp3) is 0.875. The van der Waals surface area contributed by atoms with Gasteiger partial charge in [-0.25, -0.2) is 4.79 Å². The molecular weight excluding hydrogens is 602 g/mol. The maximum absolute atomic E-state index is 12.4. The zero-order chi connectivity index (χ0) is 32.3. The molecule has 15 atom stereocenters. The third-order valence-corrected chi connectivity index (χ3v) is 7.59. The van der Waals surface area contributed by atoms with Crippen molar-refractivity contribution in [2.45, 2.75) is 104 Å². The molecule has 4 aliphatic heterocycles. The number of amides is 1. The first kappa shape index (κ1) is 34.7. The molecule has 0 aromatic rings. The van der Waals surface area contributed by atoms with E-state index in [4.69, 9.17) is 34.8 Å². The molecule has 20 heteroatoms. The third-order valence-electron chi connectivity index (χ3n) is 7.59. The summed E-state index contributed by atoms with van der Waals surface area (Å²) in [5, 5.41) is 112. The average Bonchev–Trinajstić information content (AvgIpc) is 3.78. The molecule has 3 fully saturated rings. The lowest BCUT2D eigenvalue weighted by Crippen LogP contribution is -2.66. The summed E-state index contributed by atoms with van der Waals surface area (Å²) in [6.07, 6.45) is -21.9. The fourth-order valence-corrected chi connectivity index (χ4v) is 4.99. The molecule has 11 N–H and O–H groups in total. The number of hydrogen-bond donors (Lipinski definition) is 11. The van der Waals surface area contributed by atoms with E-state index in [1.54, 1.807) is 0 Å². The summed E-state index contributed by atoms with van der Waals surface area (Å²) < 4.78 is 32.2. The second-order valence-electron chi connectivity index (χ2n) is 10.6. The van der Waals surface area contributed by atoms with Gasteiger partial charge < -0.3 is 84.8 Å². The van der Waals surface area contributed by atoms with E-state index in [1.807, 2.05) is 0 Å². The van der Waals surface area contributed by atoms with Crippen LogP contribution in [0.4, 0.5) is 4.79 Å². The molecule has 3 saturated heterocycles. The fourth-order valence-electron chi connectivity index (χ4n) is 4.99. The predicted octanol–water partition coefficient (Wildman–Crippen LogP) is -6.65. The van der Waals surface area contributed by atoms with E-state index < -0.39 is 124 Å². The summed E-state index contributed by atoms with van der Waals surface area (Å²) in [7, 11) is 0. The quantitative estimate of drug-likeness (QED) is 0.0936. The maximum Gasteiger partial charge on any atom is 0.407 e. The second-order valence-corrected chi connectivity index (χ2v) is 10.6. The van der Waals surface area contributed by atoms with Crippen LogP contribution in [0.1, 0.15) is 6.42 Å². The largest absolute Gasteiger partial charge is 0.438 e.